The van der Waals surface area contributed by atoms with Gasteiger partial charge in [0.2, 0.25) is 10.0 Å². The molecular formula is C21H26N6O2S. The first kappa shape index (κ1) is 21.5. The maximum atomic E-state index is 11.9. The summed E-state index contributed by atoms with van der Waals surface area (Å²) in [6.07, 6.45) is 4.51. The molecule has 0 aliphatic carbocycles. The number of benzene rings is 2. The van der Waals surface area contributed by atoms with Crippen LogP contribution in [0.5, 0.6) is 0 Å². The van der Waals surface area contributed by atoms with Gasteiger partial charge in [0.1, 0.15) is 0 Å². The zero-order valence-electron chi connectivity index (χ0n) is 17.0. The molecule has 0 spiro atoms. The predicted molar refractivity (Wildman–Crippen MR) is 118 cm³/mol. The number of sulfonamides is 1. The third kappa shape index (κ3) is 5.68. The summed E-state index contributed by atoms with van der Waals surface area (Å²) < 4.78 is 28.0. The summed E-state index contributed by atoms with van der Waals surface area (Å²) in [5.74, 6) is 0.657. The second kappa shape index (κ2) is 10.0. The second-order valence-corrected chi connectivity index (χ2v) is 8.46. The molecule has 158 valence electrons. The van der Waals surface area contributed by atoms with Crippen LogP contribution in [0.2, 0.25) is 0 Å². The topological polar surface area (TPSA) is 100 Å². The van der Waals surface area contributed by atoms with Crippen LogP contribution in [0, 0.1) is 0 Å². The number of hydrogen-bond donors (Lipinski definition) is 3. The third-order valence-electron chi connectivity index (χ3n) is 4.57. The van der Waals surface area contributed by atoms with E-state index in [9.17, 15) is 8.42 Å². The van der Waals surface area contributed by atoms with Crippen LogP contribution in [-0.4, -0.2) is 44.8 Å². The van der Waals surface area contributed by atoms with Crippen LogP contribution in [0.15, 0.2) is 76.9 Å². The number of guanidine groups is 1. The van der Waals surface area contributed by atoms with Crippen LogP contribution in [0.3, 0.4) is 0 Å². The molecule has 0 saturated heterocycles. The Morgan fingerprint density at radius 1 is 1.07 bits per heavy atom. The monoisotopic (exact) mass is 426 g/mol. The molecular weight excluding hydrogens is 400 g/mol. The van der Waals surface area contributed by atoms with Crippen LogP contribution in [0.4, 0.5) is 0 Å². The van der Waals surface area contributed by atoms with Crippen molar-refractivity contribution >= 4 is 16.0 Å². The van der Waals surface area contributed by atoms with E-state index in [1.54, 1.807) is 31.4 Å². The molecule has 3 aromatic rings. The average Bonchev–Trinajstić information content (AvgIpc) is 3.31. The quantitative estimate of drug-likeness (QED) is 0.376. The molecule has 0 bridgehead atoms. The van der Waals surface area contributed by atoms with Crippen molar-refractivity contribution in [3.8, 4) is 5.69 Å². The molecule has 2 aromatic carbocycles. The van der Waals surface area contributed by atoms with Crippen molar-refractivity contribution in [3.63, 3.8) is 0 Å². The number of nitrogens with one attached hydrogen (secondary N) is 3. The fourth-order valence-electron chi connectivity index (χ4n) is 2.91. The molecule has 3 N–H and O–H groups in total. The molecule has 0 fully saturated rings. The van der Waals surface area contributed by atoms with Gasteiger partial charge in [-0.05, 0) is 54.9 Å². The SMILES string of the molecule is CN=C(NCCc1ccc(-n2cccn2)cc1)NCc1cccc(S(=O)(=O)NC)c1. The third-order valence-corrected chi connectivity index (χ3v) is 5.98. The molecule has 0 radical (unpaired) electrons. The van der Waals surface area contributed by atoms with Crippen molar-refractivity contribution in [2.24, 2.45) is 4.99 Å². The lowest BCUT2D eigenvalue weighted by atomic mass is 10.1. The molecule has 1 heterocycles. The summed E-state index contributed by atoms with van der Waals surface area (Å²) in [6, 6.07) is 17.0. The van der Waals surface area contributed by atoms with E-state index in [1.807, 2.05) is 35.1 Å². The van der Waals surface area contributed by atoms with Gasteiger partial charge in [-0.2, -0.15) is 5.10 Å². The molecule has 0 unspecified atom stereocenters. The summed E-state index contributed by atoms with van der Waals surface area (Å²) in [5, 5.41) is 10.7. The van der Waals surface area contributed by atoms with E-state index in [0.29, 0.717) is 12.5 Å². The fourth-order valence-corrected chi connectivity index (χ4v) is 3.71. The molecule has 3 rings (SSSR count). The Morgan fingerprint density at radius 2 is 1.87 bits per heavy atom. The van der Waals surface area contributed by atoms with Gasteiger partial charge in [-0.1, -0.05) is 24.3 Å². The highest BCUT2D eigenvalue weighted by Gasteiger charge is 2.11. The van der Waals surface area contributed by atoms with Crippen LogP contribution in [-0.2, 0) is 23.0 Å². The van der Waals surface area contributed by atoms with Crippen LogP contribution < -0.4 is 15.4 Å². The van der Waals surface area contributed by atoms with Crippen LogP contribution >= 0.6 is 0 Å². The lowest BCUT2D eigenvalue weighted by molar-refractivity contribution is 0.588. The standard InChI is InChI=1S/C21H26N6O2S/c1-22-21(25-16-18-5-3-6-20(15-18)30(28,29)23-2)24-13-11-17-7-9-19(10-8-17)27-14-4-12-26-27/h3-10,12,14-15,23H,11,13,16H2,1-2H3,(H2,22,24,25). The summed E-state index contributed by atoms with van der Waals surface area (Å²) in [6.45, 7) is 1.18. The van der Waals surface area contributed by atoms with Gasteiger partial charge >= 0.3 is 0 Å². The molecule has 30 heavy (non-hydrogen) atoms. The average molecular weight is 427 g/mol. The summed E-state index contributed by atoms with van der Waals surface area (Å²) in [7, 11) is -0.352. The van der Waals surface area contributed by atoms with E-state index in [2.05, 4.69) is 37.6 Å². The molecule has 0 aliphatic heterocycles. The van der Waals surface area contributed by atoms with Crippen molar-refractivity contribution in [1.29, 1.82) is 0 Å². The Kier molecular flexibility index (Phi) is 7.21. The minimum atomic E-state index is -3.46. The van der Waals surface area contributed by atoms with E-state index in [4.69, 9.17) is 0 Å². The Bertz CT molecular complexity index is 1080. The maximum Gasteiger partial charge on any atom is 0.240 e. The number of nitrogens with zero attached hydrogens (tertiary/aromatic N) is 3. The molecule has 0 amide bonds. The van der Waals surface area contributed by atoms with Gasteiger partial charge in [-0.3, -0.25) is 4.99 Å². The van der Waals surface area contributed by atoms with Crippen molar-refractivity contribution in [1.82, 2.24) is 25.1 Å². The smallest absolute Gasteiger partial charge is 0.240 e. The Labute approximate surface area is 177 Å². The molecule has 0 aliphatic rings. The number of hydrogen-bond acceptors (Lipinski definition) is 4. The van der Waals surface area contributed by atoms with Gasteiger partial charge in [-0.15, -0.1) is 0 Å². The van der Waals surface area contributed by atoms with Crippen molar-refractivity contribution in [2.45, 2.75) is 17.9 Å². The maximum absolute atomic E-state index is 11.9. The zero-order valence-corrected chi connectivity index (χ0v) is 17.9. The molecule has 8 nitrogen and oxygen atoms in total. The number of rotatable bonds is 8. The minimum absolute atomic E-state index is 0.241. The number of aromatic nitrogens is 2. The summed E-state index contributed by atoms with van der Waals surface area (Å²) in [5.41, 5.74) is 3.08. The highest BCUT2D eigenvalue weighted by molar-refractivity contribution is 7.89. The summed E-state index contributed by atoms with van der Waals surface area (Å²) >= 11 is 0. The minimum Gasteiger partial charge on any atom is -0.356 e. The van der Waals surface area contributed by atoms with E-state index < -0.39 is 10.0 Å². The lowest BCUT2D eigenvalue weighted by Crippen LogP contribution is -2.37. The molecule has 0 atom stereocenters. The first-order valence-corrected chi connectivity index (χ1v) is 11.1. The van der Waals surface area contributed by atoms with Crippen LogP contribution in [0.25, 0.3) is 5.69 Å². The second-order valence-electron chi connectivity index (χ2n) is 6.57. The normalized spacial score (nSPS) is 12.0. The van der Waals surface area contributed by atoms with E-state index >= 15 is 0 Å². The molecule has 1 aromatic heterocycles. The first-order valence-electron chi connectivity index (χ1n) is 9.58. The Morgan fingerprint density at radius 3 is 2.53 bits per heavy atom. The summed E-state index contributed by atoms with van der Waals surface area (Å²) in [4.78, 5) is 4.46. The van der Waals surface area contributed by atoms with Crippen molar-refractivity contribution in [3.05, 3.63) is 78.1 Å². The van der Waals surface area contributed by atoms with Crippen molar-refractivity contribution in [2.75, 3.05) is 20.6 Å². The highest BCUT2D eigenvalue weighted by Crippen LogP contribution is 2.11. The Balaban J connectivity index is 1.49. The fraction of sp³-hybridized carbons (Fsp3) is 0.238. The molecule has 9 heteroatoms. The van der Waals surface area contributed by atoms with Crippen molar-refractivity contribution < 1.29 is 8.42 Å². The molecule has 0 saturated carbocycles. The van der Waals surface area contributed by atoms with Gasteiger partial charge in [0, 0.05) is 32.5 Å². The highest BCUT2D eigenvalue weighted by atomic mass is 32.2. The predicted octanol–water partition coefficient (Wildman–Crippen LogP) is 1.69. The number of aliphatic imine (C=N–C) groups is 1. The van der Waals surface area contributed by atoms with Gasteiger partial charge in [0.15, 0.2) is 5.96 Å². The van der Waals surface area contributed by atoms with Gasteiger partial charge in [0.25, 0.3) is 0 Å². The van der Waals surface area contributed by atoms with E-state index in [0.717, 1.165) is 24.2 Å². The first-order chi connectivity index (χ1) is 14.5. The Hall–Kier alpha value is -3.17. The van der Waals surface area contributed by atoms with Crippen LogP contribution in [0.1, 0.15) is 11.1 Å². The largest absolute Gasteiger partial charge is 0.356 e. The van der Waals surface area contributed by atoms with Gasteiger partial charge in [-0.25, -0.2) is 17.8 Å². The van der Waals surface area contributed by atoms with E-state index in [1.165, 1.54) is 12.6 Å². The van der Waals surface area contributed by atoms with E-state index in [-0.39, 0.29) is 4.90 Å². The lowest BCUT2D eigenvalue weighted by Gasteiger charge is -2.13. The zero-order chi connectivity index (χ0) is 21.4. The van der Waals surface area contributed by atoms with Gasteiger partial charge < -0.3 is 10.6 Å². The van der Waals surface area contributed by atoms with Gasteiger partial charge in [0.05, 0.1) is 10.6 Å².